The molecule has 1 aromatic heterocycles. The quantitative estimate of drug-likeness (QED) is 0.481. The van der Waals surface area contributed by atoms with Crippen molar-refractivity contribution in [1.82, 2.24) is 0 Å². The molecule has 0 aliphatic heterocycles. The highest BCUT2D eigenvalue weighted by atomic mass is 32.1. The third-order valence-corrected chi connectivity index (χ3v) is 4.74. The van der Waals surface area contributed by atoms with Crippen molar-refractivity contribution in [2.75, 3.05) is 5.32 Å². The molecule has 0 unspecified atom stereocenters. The van der Waals surface area contributed by atoms with E-state index in [4.69, 9.17) is 4.74 Å². The first-order valence-corrected chi connectivity index (χ1v) is 8.83. The maximum Gasteiger partial charge on any atom is 0.310 e. The van der Waals surface area contributed by atoms with Gasteiger partial charge in [-0.2, -0.15) is 0 Å². The SMILES string of the molecule is Cc1ccc(NC(=O)c2cc(COc3ccccc3[N+](=O)[O-])cs2)cc1F. The van der Waals surface area contributed by atoms with Crippen molar-refractivity contribution >= 4 is 28.6 Å². The second-order valence-corrected chi connectivity index (χ2v) is 6.66. The van der Waals surface area contributed by atoms with E-state index in [0.717, 1.165) is 0 Å². The minimum atomic E-state index is -0.511. The Kier molecular flexibility index (Phi) is 5.46. The van der Waals surface area contributed by atoms with Crippen LogP contribution in [0.25, 0.3) is 0 Å². The Morgan fingerprint density at radius 1 is 1.26 bits per heavy atom. The van der Waals surface area contributed by atoms with Gasteiger partial charge in [0.15, 0.2) is 5.75 Å². The molecule has 1 amide bonds. The van der Waals surface area contributed by atoms with Crippen molar-refractivity contribution in [1.29, 1.82) is 0 Å². The number of rotatable bonds is 6. The van der Waals surface area contributed by atoms with Gasteiger partial charge in [0.2, 0.25) is 0 Å². The lowest BCUT2D eigenvalue weighted by Crippen LogP contribution is -2.10. The summed E-state index contributed by atoms with van der Waals surface area (Å²) >= 11 is 1.21. The third kappa shape index (κ3) is 4.48. The minimum absolute atomic E-state index is 0.0911. The van der Waals surface area contributed by atoms with Gasteiger partial charge < -0.3 is 10.1 Å². The van der Waals surface area contributed by atoms with Crippen molar-refractivity contribution in [3.05, 3.63) is 85.8 Å². The number of nitro benzene ring substituents is 1. The number of nitrogens with zero attached hydrogens (tertiary/aromatic N) is 1. The Balaban J connectivity index is 1.65. The maximum atomic E-state index is 13.6. The summed E-state index contributed by atoms with van der Waals surface area (Å²) < 4.78 is 19.1. The zero-order chi connectivity index (χ0) is 19.4. The first-order valence-electron chi connectivity index (χ1n) is 7.95. The lowest BCUT2D eigenvalue weighted by molar-refractivity contribution is -0.385. The normalized spacial score (nSPS) is 10.4. The molecule has 1 heterocycles. The number of carbonyl (C=O) groups excluding carboxylic acids is 1. The van der Waals surface area contributed by atoms with Crippen LogP contribution in [0.15, 0.2) is 53.9 Å². The number of nitrogens with one attached hydrogen (secondary N) is 1. The standard InChI is InChI=1S/C19H15FN2O4S/c1-12-6-7-14(9-15(12)20)21-19(23)18-8-13(11-27-18)10-26-17-5-3-2-4-16(17)22(24)25/h2-9,11H,10H2,1H3,(H,21,23). The molecule has 8 heteroatoms. The van der Waals surface area contributed by atoms with Gasteiger partial charge in [0.1, 0.15) is 12.4 Å². The molecule has 0 fully saturated rings. The summed E-state index contributed by atoms with van der Waals surface area (Å²) in [5, 5.41) is 15.4. The monoisotopic (exact) mass is 386 g/mol. The predicted octanol–water partition coefficient (Wildman–Crippen LogP) is 4.94. The number of benzene rings is 2. The van der Waals surface area contributed by atoms with E-state index in [1.165, 1.54) is 29.5 Å². The van der Waals surface area contributed by atoms with Crippen LogP contribution in [0.5, 0.6) is 5.75 Å². The molecule has 2 aromatic carbocycles. The molecule has 3 rings (SSSR count). The van der Waals surface area contributed by atoms with Crippen LogP contribution in [0.2, 0.25) is 0 Å². The van der Waals surface area contributed by atoms with Crippen molar-refractivity contribution < 1.29 is 18.8 Å². The highest BCUT2D eigenvalue weighted by Crippen LogP contribution is 2.27. The highest BCUT2D eigenvalue weighted by molar-refractivity contribution is 7.12. The highest BCUT2D eigenvalue weighted by Gasteiger charge is 2.15. The molecular formula is C19H15FN2O4S. The fourth-order valence-corrected chi connectivity index (χ4v) is 3.12. The van der Waals surface area contributed by atoms with E-state index in [-0.39, 0.29) is 24.0 Å². The van der Waals surface area contributed by atoms with Crippen LogP contribution in [0.4, 0.5) is 15.8 Å². The summed E-state index contributed by atoms with van der Waals surface area (Å²) in [6.45, 7) is 1.73. The first-order chi connectivity index (χ1) is 12.9. The average molecular weight is 386 g/mol. The zero-order valence-electron chi connectivity index (χ0n) is 14.3. The van der Waals surface area contributed by atoms with Crippen LogP contribution >= 0.6 is 11.3 Å². The van der Waals surface area contributed by atoms with Gasteiger partial charge in [-0.25, -0.2) is 4.39 Å². The number of nitro groups is 1. The molecule has 3 aromatic rings. The van der Waals surface area contributed by atoms with E-state index in [0.29, 0.717) is 21.7 Å². The number of para-hydroxylation sites is 2. The largest absolute Gasteiger partial charge is 0.482 e. The number of thiophene rings is 1. The van der Waals surface area contributed by atoms with Gasteiger partial charge >= 0.3 is 5.69 Å². The van der Waals surface area contributed by atoms with Crippen LogP contribution in [-0.4, -0.2) is 10.8 Å². The Hall–Kier alpha value is -3.26. The lowest BCUT2D eigenvalue weighted by Gasteiger charge is -2.05. The second kappa shape index (κ2) is 7.96. The summed E-state index contributed by atoms with van der Waals surface area (Å²) in [5.74, 6) is -0.590. The molecule has 0 aliphatic carbocycles. The fraction of sp³-hybridized carbons (Fsp3) is 0.105. The zero-order valence-corrected chi connectivity index (χ0v) is 15.1. The Morgan fingerprint density at radius 2 is 2.04 bits per heavy atom. The molecule has 0 bridgehead atoms. The number of amides is 1. The number of aryl methyl sites for hydroxylation is 1. The van der Waals surface area contributed by atoms with E-state index in [1.54, 1.807) is 42.6 Å². The van der Waals surface area contributed by atoms with Crippen molar-refractivity contribution in [3.8, 4) is 5.75 Å². The van der Waals surface area contributed by atoms with Gasteiger partial charge in [0, 0.05) is 17.3 Å². The van der Waals surface area contributed by atoms with Gasteiger partial charge in [-0.05, 0) is 42.1 Å². The number of hydrogen-bond acceptors (Lipinski definition) is 5. The van der Waals surface area contributed by atoms with Crippen LogP contribution in [0.3, 0.4) is 0 Å². The topological polar surface area (TPSA) is 81.5 Å². The molecule has 27 heavy (non-hydrogen) atoms. The van der Waals surface area contributed by atoms with Crippen LogP contribution in [0.1, 0.15) is 20.8 Å². The van der Waals surface area contributed by atoms with Crippen molar-refractivity contribution in [3.63, 3.8) is 0 Å². The van der Waals surface area contributed by atoms with Gasteiger partial charge in [0.05, 0.1) is 9.80 Å². The average Bonchev–Trinajstić information content (AvgIpc) is 3.12. The molecule has 6 nitrogen and oxygen atoms in total. The predicted molar refractivity (Wildman–Crippen MR) is 101 cm³/mol. The molecule has 138 valence electrons. The Morgan fingerprint density at radius 3 is 2.78 bits per heavy atom. The molecule has 0 saturated heterocycles. The second-order valence-electron chi connectivity index (χ2n) is 5.75. The number of hydrogen-bond donors (Lipinski definition) is 1. The van der Waals surface area contributed by atoms with E-state index < -0.39 is 10.7 Å². The summed E-state index contributed by atoms with van der Waals surface area (Å²) in [5.41, 5.74) is 1.46. The first kappa shape index (κ1) is 18.5. The fourth-order valence-electron chi connectivity index (χ4n) is 2.32. The number of anilines is 1. The van der Waals surface area contributed by atoms with Gasteiger partial charge in [0.25, 0.3) is 5.91 Å². The van der Waals surface area contributed by atoms with E-state index in [2.05, 4.69) is 5.32 Å². The molecule has 0 spiro atoms. The van der Waals surface area contributed by atoms with Crippen LogP contribution in [0, 0.1) is 22.9 Å². The Labute approximate surface area is 158 Å². The van der Waals surface area contributed by atoms with Gasteiger partial charge in [-0.15, -0.1) is 11.3 Å². The smallest absolute Gasteiger partial charge is 0.310 e. The summed E-state index contributed by atoms with van der Waals surface area (Å²) in [6.07, 6.45) is 0. The molecule has 1 N–H and O–H groups in total. The van der Waals surface area contributed by atoms with E-state index in [1.807, 2.05) is 0 Å². The third-order valence-electron chi connectivity index (χ3n) is 3.76. The summed E-state index contributed by atoms with van der Waals surface area (Å²) in [6, 6.07) is 12.2. The van der Waals surface area contributed by atoms with Crippen molar-refractivity contribution in [2.45, 2.75) is 13.5 Å². The minimum Gasteiger partial charge on any atom is -0.482 e. The molecule has 0 aliphatic rings. The maximum absolute atomic E-state index is 13.6. The summed E-state index contributed by atoms with van der Waals surface area (Å²) in [7, 11) is 0. The van der Waals surface area contributed by atoms with Crippen LogP contribution < -0.4 is 10.1 Å². The van der Waals surface area contributed by atoms with E-state index >= 15 is 0 Å². The Bertz CT molecular complexity index is 1000. The van der Waals surface area contributed by atoms with Crippen LogP contribution in [-0.2, 0) is 6.61 Å². The van der Waals surface area contributed by atoms with Gasteiger partial charge in [-0.3, -0.25) is 14.9 Å². The van der Waals surface area contributed by atoms with Crippen molar-refractivity contribution in [2.24, 2.45) is 0 Å². The molecule has 0 atom stereocenters. The molecule has 0 saturated carbocycles. The molecular weight excluding hydrogens is 371 g/mol. The summed E-state index contributed by atoms with van der Waals surface area (Å²) in [4.78, 5) is 23.2. The number of carbonyl (C=O) groups is 1. The number of ether oxygens (including phenoxy) is 1. The van der Waals surface area contributed by atoms with Gasteiger partial charge in [-0.1, -0.05) is 18.2 Å². The molecule has 0 radical (unpaired) electrons. The van der Waals surface area contributed by atoms with E-state index in [9.17, 15) is 19.3 Å². The number of halogens is 1. The lowest BCUT2D eigenvalue weighted by atomic mass is 10.2.